The molecule has 0 aliphatic carbocycles. The molecule has 3 unspecified atom stereocenters. The molecule has 3 N–H and O–H groups in total. The molecule has 3 atom stereocenters. The molecule has 0 radical (unpaired) electrons. The van der Waals surface area contributed by atoms with Crippen molar-refractivity contribution in [2.45, 2.75) is 44.9 Å². The molecule has 1 saturated heterocycles. The Labute approximate surface area is 86.4 Å². The van der Waals surface area contributed by atoms with E-state index >= 15 is 0 Å². The van der Waals surface area contributed by atoms with Crippen molar-refractivity contribution in [1.29, 1.82) is 0 Å². The fraction of sp³-hybridized carbons (Fsp3) is 0.818. The fourth-order valence-corrected chi connectivity index (χ4v) is 1.77. The summed E-state index contributed by atoms with van der Waals surface area (Å²) in [6.07, 6.45) is 2.90. The average molecular weight is 196 g/mol. The van der Waals surface area contributed by atoms with E-state index in [-0.39, 0.29) is 12.1 Å². The maximum atomic E-state index is 5.75. The molecule has 0 aromatic carbocycles. The molecule has 0 saturated carbocycles. The summed E-state index contributed by atoms with van der Waals surface area (Å²) in [6, 6.07) is 0.251. The SMILES string of the molecule is CC#CCNC(CN)C1CCC(C)O1. The van der Waals surface area contributed by atoms with Crippen LogP contribution in [0.1, 0.15) is 26.7 Å². The summed E-state index contributed by atoms with van der Waals surface area (Å²) in [5, 5.41) is 3.31. The van der Waals surface area contributed by atoms with Gasteiger partial charge in [-0.15, -0.1) is 5.92 Å². The standard InChI is InChI=1S/C11H20N2O/c1-3-4-7-13-10(8-12)11-6-5-9(2)14-11/h9-11,13H,5-8,12H2,1-2H3. The lowest BCUT2D eigenvalue weighted by atomic mass is 10.1. The molecule has 0 spiro atoms. The smallest absolute Gasteiger partial charge is 0.0745 e. The van der Waals surface area contributed by atoms with Crippen LogP contribution < -0.4 is 11.1 Å². The van der Waals surface area contributed by atoms with Crippen LogP contribution >= 0.6 is 0 Å². The average Bonchev–Trinajstić information content (AvgIpc) is 2.60. The number of rotatable bonds is 4. The third-order valence-corrected chi connectivity index (χ3v) is 2.60. The second-order valence-electron chi connectivity index (χ2n) is 3.71. The highest BCUT2D eigenvalue weighted by atomic mass is 16.5. The maximum Gasteiger partial charge on any atom is 0.0745 e. The number of hydrogen-bond acceptors (Lipinski definition) is 3. The largest absolute Gasteiger partial charge is 0.374 e. The molecular formula is C11H20N2O. The minimum atomic E-state index is 0.251. The first-order chi connectivity index (χ1) is 6.77. The first-order valence-electron chi connectivity index (χ1n) is 5.26. The van der Waals surface area contributed by atoms with Crippen molar-refractivity contribution in [3.8, 4) is 11.8 Å². The molecule has 14 heavy (non-hydrogen) atoms. The van der Waals surface area contributed by atoms with Gasteiger partial charge < -0.3 is 10.5 Å². The predicted molar refractivity (Wildman–Crippen MR) is 57.9 cm³/mol. The van der Waals surface area contributed by atoms with Crippen molar-refractivity contribution >= 4 is 0 Å². The van der Waals surface area contributed by atoms with Crippen LogP contribution in [0.25, 0.3) is 0 Å². The molecule has 80 valence electrons. The molecule has 0 bridgehead atoms. The first kappa shape index (κ1) is 11.5. The predicted octanol–water partition coefficient (Wildman–Crippen LogP) is 0.494. The summed E-state index contributed by atoms with van der Waals surface area (Å²) in [4.78, 5) is 0. The Kier molecular flexibility index (Phi) is 4.95. The topological polar surface area (TPSA) is 47.3 Å². The van der Waals surface area contributed by atoms with E-state index in [0.717, 1.165) is 12.8 Å². The molecule has 1 fully saturated rings. The lowest BCUT2D eigenvalue weighted by molar-refractivity contribution is 0.0348. The molecular weight excluding hydrogens is 176 g/mol. The van der Waals surface area contributed by atoms with E-state index in [1.54, 1.807) is 0 Å². The van der Waals surface area contributed by atoms with E-state index in [0.29, 0.717) is 19.2 Å². The third-order valence-electron chi connectivity index (χ3n) is 2.60. The van der Waals surface area contributed by atoms with Crippen LogP contribution in [0.2, 0.25) is 0 Å². The second kappa shape index (κ2) is 6.02. The number of hydrogen-bond donors (Lipinski definition) is 2. The monoisotopic (exact) mass is 196 g/mol. The lowest BCUT2D eigenvalue weighted by Crippen LogP contribution is -2.45. The van der Waals surface area contributed by atoms with Gasteiger partial charge in [-0.05, 0) is 26.7 Å². The summed E-state index contributed by atoms with van der Waals surface area (Å²) in [5.41, 5.74) is 5.69. The van der Waals surface area contributed by atoms with Crippen LogP contribution in [0.3, 0.4) is 0 Å². The van der Waals surface area contributed by atoms with Crippen molar-refractivity contribution in [2.24, 2.45) is 5.73 Å². The van der Waals surface area contributed by atoms with Gasteiger partial charge in [0.15, 0.2) is 0 Å². The summed E-state index contributed by atoms with van der Waals surface area (Å²) in [7, 11) is 0. The molecule has 3 heteroatoms. The number of ether oxygens (including phenoxy) is 1. The zero-order chi connectivity index (χ0) is 10.4. The van der Waals surface area contributed by atoms with Crippen LogP contribution in [0.4, 0.5) is 0 Å². The highest BCUT2D eigenvalue weighted by Gasteiger charge is 2.28. The van der Waals surface area contributed by atoms with E-state index in [4.69, 9.17) is 10.5 Å². The fourth-order valence-electron chi connectivity index (χ4n) is 1.77. The lowest BCUT2D eigenvalue weighted by Gasteiger charge is -2.22. The Morgan fingerprint density at radius 2 is 2.36 bits per heavy atom. The minimum absolute atomic E-state index is 0.251. The van der Waals surface area contributed by atoms with Gasteiger partial charge in [0.05, 0.1) is 18.8 Å². The zero-order valence-corrected chi connectivity index (χ0v) is 9.05. The van der Waals surface area contributed by atoms with Gasteiger partial charge in [0.25, 0.3) is 0 Å². The van der Waals surface area contributed by atoms with Crippen molar-refractivity contribution < 1.29 is 4.74 Å². The van der Waals surface area contributed by atoms with Crippen molar-refractivity contribution in [2.75, 3.05) is 13.1 Å². The molecule has 0 aromatic rings. The highest BCUT2D eigenvalue weighted by molar-refractivity contribution is 4.98. The molecule has 0 aromatic heterocycles. The van der Waals surface area contributed by atoms with Gasteiger partial charge in [-0.2, -0.15) is 0 Å². The van der Waals surface area contributed by atoms with Gasteiger partial charge in [0.1, 0.15) is 0 Å². The Morgan fingerprint density at radius 3 is 2.86 bits per heavy atom. The van der Waals surface area contributed by atoms with Gasteiger partial charge in [0.2, 0.25) is 0 Å². The summed E-state index contributed by atoms with van der Waals surface area (Å²) < 4.78 is 5.75. The van der Waals surface area contributed by atoms with Gasteiger partial charge in [-0.3, -0.25) is 5.32 Å². The molecule has 1 heterocycles. The number of nitrogens with one attached hydrogen (secondary N) is 1. The third kappa shape index (κ3) is 3.30. The molecule has 0 amide bonds. The summed E-state index contributed by atoms with van der Waals surface area (Å²) >= 11 is 0. The zero-order valence-electron chi connectivity index (χ0n) is 9.05. The summed E-state index contributed by atoms with van der Waals surface area (Å²) in [5.74, 6) is 5.83. The molecule has 1 aliphatic rings. The van der Waals surface area contributed by atoms with Gasteiger partial charge in [-0.25, -0.2) is 0 Å². The Balaban J connectivity index is 2.32. The van der Waals surface area contributed by atoms with Crippen LogP contribution in [-0.2, 0) is 4.74 Å². The van der Waals surface area contributed by atoms with E-state index in [2.05, 4.69) is 24.1 Å². The van der Waals surface area contributed by atoms with Gasteiger partial charge in [-0.1, -0.05) is 5.92 Å². The quantitative estimate of drug-likeness (QED) is 0.643. The Hall–Kier alpha value is -0.560. The van der Waals surface area contributed by atoms with E-state index in [9.17, 15) is 0 Å². The number of nitrogens with two attached hydrogens (primary N) is 1. The maximum absolute atomic E-state index is 5.75. The minimum Gasteiger partial charge on any atom is -0.374 e. The van der Waals surface area contributed by atoms with Gasteiger partial charge in [0, 0.05) is 12.6 Å². The van der Waals surface area contributed by atoms with Crippen LogP contribution in [-0.4, -0.2) is 31.3 Å². The Morgan fingerprint density at radius 1 is 1.57 bits per heavy atom. The summed E-state index contributed by atoms with van der Waals surface area (Å²) in [6.45, 7) is 5.27. The van der Waals surface area contributed by atoms with Crippen molar-refractivity contribution in [3.63, 3.8) is 0 Å². The normalized spacial score (nSPS) is 28.2. The second-order valence-corrected chi connectivity index (χ2v) is 3.71. The first-order valence-corrected chi connectivity index (χ1v) is 5.26. The highest BCUT2D eigenvalue weighted by Crippen LogP contribution is 2.21. The van der Waals surface area contributed by atoms with E-state index in [1.807, 2.05) is 6.92 Å². The Bertz CT molecular complexity index is 219. The van der Waals surface area contributed by atoms with Crippen LogP contribution in [0.5, 0.6) is 0 Å². The van der Waals surface area contributed by atoms with E-state index in [1.165, 1.54) is 0 Å². The van der Waals surface area contributed by atoms with Crippen LogP contribution in [0, 0.1) is 11.8 Å². The van der Waals surface area contributed by atoms with Gasteiger partial charge >= 0.3 is 0 Å². The molecule has 1 rings (SSSR count). The van der Waals surface area contributed by atoms with E-state index < -0.39 is 0 Å². The molecule has 3 nitrogen and oxygen atoms in total. The molecule has 1 aliphatic heterocycles. The van der Waals surface area contributed by atoms with Crippen molar-refractivity contribution in [3.05, 3.63) is 0 Å². The van der Waals surface area contributed by atoms with Crippen LogP contribution in [0.15, 0.2) is 0 Å². The van der Waals surface area contributed by atoms with Crippen molar-refractivity contribution in [1.82, 2.24) is 5.32 Å².